The Morgan fingerprint density at radius 2 is 1.27 bits per heavy atom. The Hall–Kier alpha value is -0.860. The van der Waals surface area contributed by atoms with Crippen LogP contribution in [-0.4, -0.2) is 10.2 Å². The van der Waals surface area contributed by atoms with Crippen LogP contribution in [0, 0.1) is 5.92 Å². The predicted octanol–water partition coefficient (Wildman–Crippen LogP) is 2.76. The van der Waals surface area contributed by atoms with Crippen LogP contribution in [0.2, 0.25) is 0 Å². The maximum Gasteiger partial charge on any atom is 0.203 e. The molecule has 0 N–H and O–H groups in total. The fraction of sp³-hybridized carbons (Fsp3) is 0.750. The van der Waals surface area contributed by atoms with Crippen molar-refractivity contribution in [2.45, 2.75) is 34.6 Å². The normalized spacial score (nSPS) is 7.45. The van der Waals surface area contributed by atoms with E-state index in [1.54, 1.807) is 0 Å². The van der Waals surface area contributed by atoms with Crippen molar-refractivity contribution >= 4 is 0 Å². The molecule has 0 saturated heterocycles. The fourth-order valence-corrected chi connectivity index (χ4v) is 0.136. The summed E-state index contributed by atoms with van der Waals surface area (Å²) in [5, 5.41) is 6.61. The van der Waals surface area contributed by atoms with Crippen LogP contribution in [0.15, 0.2) is 17.2 Å². The van der Waals surface area contributed by atoms with E-state index in [0.717, 1.165) is 5.92 Å². The van der Waals surface area contributed by atoms with E-state index in [1.807, 2.05) is 13.8 Å². The van der Waals surface area contributed by atoms with E-state index in [0.29, 0.717) is 0 Å². The van der Waals surface area contributed by atoms with Crippen molar-refractivity contribution in [3.63, 3.8) is 0 Å². The molecule has 0 aliphatic rings. The highest BCUT2D eigenvalue weighted by atomic mass is 16.3. The van der Waals surface area contributed by atoms with Gasteiger partial charge in [-0.2, -0.15) is 0 Å². The molecule has 1 aromatic heterocycles. The summed E-state index contributed by atoms with van der Waals surface area (Å²) in [6.45, 7) is 10.5. The lowest BCUT2D eigenvalue weighted by molar-refractivity contribution is 0.553. The van der Waals surface area contributed by atoms with Gasteiger partial charge in [0.1, 0.15) is 0 Å². The van der Waals surface area contributed by atoms with Crippen LogP contribution >= 0.6 is 0 Å². The smallest absolute Gasteiger partial charge is 0.203 e. The van der Waals surface area contributed by atoms with E-state index in [-0.39, 0.29) is 0 Å². The minimum atomic E-state index is 0.833. The molecule has 0 radical (unpaired) electrons. The van der Waals surface area contributed by atoms with Gasteiger partial charge in [-0.15, -0.1) is 10.2 Å². The molecule has 0 saturated carbocycles. The zero-order chi connectivity index (χ0) is 9.11. The number of hydrogen-bond donors (Lipinski definition) is 0. The van der Waals surface area contributed by atoms with Crippen LogP contribution in [-0.2, 0) is 0 Å². The van der Waals surface area contributed by atoms with Crippen LogP contribution < -0.4 is 0 Å². The largest absolute Gasteiger partial charge is 0.431 e. The summed E-state index contributed by atoms with van der Waals surface area (Å²) in [7, 11) is 0. The molecule has 0 aliphatic heterocycles. The monoisotopic (exact) mass is 158 g/mol. The second-order valence-corrected chi connectivity index (χ2v) is 2.31. The highest BCUT2D eigenvalue weighted by Gasteiger charge is 1.68. The molecule has 0 atom stereocenters. The third kappa shape index (κ3) is 27.2. The van der Waals surface area contributed by atoms with Crippen LogP contribution in [0.4, 0.5) is 0 Å². The summed E-state index contributed by atoms with van der Waals surface area (Å²) in [6.07, 6.45) is 2.53. The molecule has 0 fully saturated rings. The Morgan fingerprint density at radius 3 is 1.36 bits per heavy atom. The summed E-state index contributed by atoms with van der Waals surface area (Å²) >= 11 is 0. The van der Waals surface area contributed by atoms with Gasteiger partial charge in [0.2, 0.25) is 12.8 Å². The van der Waals surface area contributed by atoms with Crippen molar-refractivity contribution in [3.05, 3.63) is 12.8 Å². The minimum Gasteiger partial charge on any atom is -0.431 e. The van der Waals surface area contributed by atoms with Gasteiger partial charge in [0.15, 0.2) is 0 Å². The number of hydrogen-bond acceptors (Lipinski definition) is 3. The first-order valence-electron chi connectivity index (χ1n) is 3.92. The van der Waals surface area contributed by atoms with Crippen LogP contribution in [0.25, 0.3) is 0 Å². The molecule has 0 bridgehead atoms. The highest BCUT2D eigenvalue weighted by Crippen LogP contribution is 1.81. The quantitative estimate of drug-likeness (QED) is 0.582. The summed E-state index contributed by atoms with van der Waals surface area (Å²) in [5.41, 5.74) is 0. The van der Waals surface area contributed by atoms with Gasteiger partial charge in [0, 0.05) is 0 Å². The molecule has 66 valence electrons. The molecule has 11 heavy (non-hydrogen) atoms. The van der Waals surface area contributed by atoms with Crippen molar-refractivity contribution < 1.29 is 4.42 Å². The zero-order valence-electron chi connectivity index (χ0n) is 8.03. The molecule has 1 aromatic rings. The minimum absolute atomic E-state index is 0.833. The number of rotatable bonds is 0. The van der Waals surface area contributed by atoms with Crippen LogP contribution in [0.5, 0.6) is 0 Å². The first-order chi connectivity index (χ1) is 5.23. The molecule has 0 spiro atoms. The Labute approximate surface area is 68.8 Å². The van der Waals surface area contributed by atoms with Gasteiger partial charge in [0.05, 0.1) is 0 Å². The number of aromatic nitrogens is 2. The molecule has 3 heteroatoms. The van der Waals surface area contributed by atoms with E-state index < -0.39 is 0 Å². The van der Waals surface area contributed by atoms with Crippen molar-refractivity contribution in [1.82, 2.24) is 10.2 Å². The third-order valence-electron chi connectivity index (χ3n) is 0.283. The topological polar surface area (TPSA) is 38.9 Å². The lowest BCUT2D eigenvalue weighted by Crippen LogP contribution is -1.66. The van der Waals surface area contributed by atoms with Gasteiger partial charge in [-0.1, -0.05) is 34.6 Å². The van der Waals surface area contributed by atoms with Crippen molar-refractivity contribution in [2.24, 2.45) is 5.92 Å². The van der Waals surface area contributed by atoms with Gasteiger partial charge < -0.3 is 4.42 Å². The Balaban J connectivity index is 0. The Bertz CT molecular complexity index is 95.7. The molecule has 0 unspecified atom stereocenters. The first kappa shape index (κ1) is 12.8. The van der Waals surface area contributed by atoms with Gasteiger partial charge in [-0.05, 0) is 5.92 Å². The number of nitrogens with zero attached hydrogens (tertiary/aromatic N) is 2. The van der Waals surface area contributed by atoms with E-state index in [2.05, 4.69) is 35.4 Å². The predicted molar refractivity (Wildman–Crippen MR) is 46.2 cm³/mol. The van der Waals surface area contributed by atoms with E-state index >= 15 is 0 Å². The Morgan fingerprint density at radius 1 is 1.00 bits per heavy atom. The van der Waals surface area contributed by atoms with E-state index in [9.17, 15) is 0 Å². The van der Waals surface area contributed by atoms with E-state index in [1.165, 1.54) is 12.8 Å². The lowest BCUT2D eigenvalue weighted by Gasteiger charge is -1.79. The third-order valence-corrected chi connectivity index (χ3v) is 0.283. The molecule has 1 heterocycles. The maximum absolute atomic E-state index is 4.36. The summed E-state index contributed by atoms with van der Waals surface area (Å²) in [4.78, 5) is 0. The van der Waals surface area contributed by atoms with Crippen molar-refractivity contribution in [1.29, 1.82) is 0 Å². The molecule has 0 amide bonds. The lowest BCUT2D eigenvalue weighted by atomic mass is 10.3. The van der Waals surface area contributed by atoms with Crippen LogP contribution in [0.1, 0.15) is 34.6 Å². The highest BCUT2D eigenvalue weighted by molar-refractivity contribution is 4.29. The van der Waals surface area contributed by atoms with Gasteiger partial charge in [0.25, 0.3) is 0 Å². The van der Waals surface area contributed by atoms with Crippen LogP contribution in [0.3, 0.4) is 0 Å². The average Bonchev–Trinajstić information content (AvgIpc) is 2.44. The fourth-order valence-electron chi connectivity index (χ4n) is 0.136. The standard InChI is InChI=1S/C4H10.C2H2N2O.C2H6/c1-4(2)3;1-3-4-2-5-1;1-2/h4H,1-3H3;1-2H;1-2H3. The van der Waals surface area contributed by atoms with Crippen molar-refractivity contribution in [3.8, 4) is 0 Å². The van der Waals surface area contributed by atoms with Gasteiger partial charge in [-0.25, -0.2) is 0 Å². The summed E-state index contributed by atoms with van der Waals surface area (Å²) in [6, 6.07) is 0. The molecule has 1 rings (SSSR count). The molecule has 0 aliphatic carbocycles. The molecular formula is C8H18N2O. The van der Waals surface area contributed by atoms with Gasteiger partial charge in [-0.3, -0.25) is 0 Å². The maximum atomic E-state index is 4.36. The second-order valence-electron chi connectivity index (χ2n) is 2.31. The van der Waals surface area contributed by atoms with Gasteiger partial charge >= 0.3 is 0 Å². The SMILES string of the molecule is CC.CC(C)C.c1nnco1. The molecule has 3 nitrogen and oxygen atoms in total. The van der Waals surface area contributed by atoms with E-state index in [4.69, 9.17) is 0 Å². The second kappa shape index (κ2) is 11.9. The zero-order valence-corrected chi connectivity index (χ0v) is 8.03. The molecular weight excluding hydrogens is 140 g/mol. The Kier molecular flexibility index (Phi) is 13.8. The first-order valence-corrected chi connectivity index (χ1v) is 3.92. The van der Waals surface area contributed by atoms with Crippen molar-refractivity contribution in [2.75, 3.05) is 0 Å². The summed E-state index contributed by atoms with van der Waals surface area (Å²) in [5.74, 6) is 0.833. The average molecular weight is 158 g/mol. The summed E-state index contributed by atoms with van der Waals surface area (Å²) < 4.78 is 4.36. The molecule has 0 aromatic carbocycles.